The number of hydrogen-bond acceptors (Lipinski definition) is 4. The van der Waals surface area contributed by atoms with Gasteiger partial charge in [-0.15, -0.1) is 0 Å². The van der Waals surface area contributed by atoms with E-state index >= 15 is 0 Å². The number of nitrogens with one attached hydrogen (secondary N) is 1. The van der Waals surface area contributed by atoms with E-state index in [1.165, 1.54) is 19.2 Å². The average molecular weight is 380 g/mol. The molecular formula is C19H19ClFNO4. The molecule has 2 rings (SSSR count). The number of amides is 1. The maximum atomic E-state index is 13.6. The van der Waals surface area contributed by atoms with E-state index in [0.717, 1.165) is 5.56 Å². The summed E-state index contributed by atoms with van der Waals surface area (Å²) >= 11 is 6.08. The topological polar surface area (TPSA) is 64.6 Å². The van der Waals surface area contributed by atoms with Gasteiger partial charge in [-0.05, 0) is 36.2 Å². The Labute approximate surface area is 156 Å². The Kier molecular flexibility index (Phi) is 6.97. The molecule has 0 aliphatic heterocycles. The minimum absolute atomic E-state index is 0.0926. The Hall–Kier alpha value is -2.60. The van der Waals surface area contributed by atoms with Crippen LogP contribution in [0.25, 0.3) is 0 Å². The first-order valence-corrected chi connectivity index (χ1v) is 8.30. The zero-order chi connectivity index (χ0) is 19.1. The van der Waals surface area contributed by atoms with Gasteiger partial charge in [0.25, 0.3) is 5.91 Å². The number of hydrogen-bond donors (Lipinski definition) is 1. The van der Waals surface area contributed by atoms with Gasteiger partial charge < -0.3 is 14.8 Å². The van der Waals surface area contributed by atoms with Gasteiger partial charge in [0, 0.05) is 5.02 Å². The zero-order valence-electron chi connectivity index (χ0n) is 14.4. The Balaban J connectivity index is 1.82. The summed E-state index contributed by atoms with van der Waals surface area (Å²) in [5, 5.41) is 3.24. The molecule has 0 unspecified atom stereocenters. The summed E-state index contributed by atoms with van der Waals surface area (Å²) in [5.41, 5.74) is 1.20. The first kappa shape index (κ1) is 19.7. The van der Waals surface area contributed by atoms with Gasteiger partial charge in [-0.3, -0.25) is 9.59 Å². The monoisotopic (exact) mass is 379 g/mol. The summed E-state index contributed by atoms with van der Waals surface area (Å²) in [4.78, 5) is 23.7. The van der Waals surface area contributed by atoms with Gasteiger partial charge in [-0.1, -0.05) is 35.9 Å². The fraction of sp³-hybridized carbons (Fsp3) is 0.263. The van der Waals surface area contributed by atoms with Gasteiger partial charge >= 0.3 is 5.97 Å². The van der Waals surface area contributed by atoms with E-state index in [0.29, 0.717) is 10.6 Å². The third kappa shape index (κ3) is 5.46. The minimum Gasteiger partial charge on any atom is -0.494 e. The standard InChI is InChI=1S/C19H19ClFNO4/c1-12(14-5-3-4-6-15(14)20)22-18(23)11-26-19(24)10-13-7-8-17(25-2)16(21)9-13/h3-9,12H,10-11H2,1-2H3,(H,22,23)/t12-/m1/s1. The Morgan fingerprint density at radius 2 is 1.96 bits per heavy atom. The molecule has 0 saturated carbocycles. The van der Waals surface area contributed by atoms with Crippen molar-refractivity contribution in [3.63, 3.8) is 0 Å². The molecule has 2 aromatic carbocycles. The number of carbonyl (C=O) groups excluding carboxylic acids is 2. The Morgan fingerprint density at radius 1 is 1.23 bits per heavy atom. The molecule has 1 N–H and O–H groups in total. The molecule has 0 spiro atoms. The first-order chi connectivity index (χ1) is 12.4. The molecule has 0 saturated heterocycles. The second-order valence-electron chi connectivity index (χ2n) is 5.62. The van der Waals surface area contributed by atoms with Gasteiger partial charge in [-0.25, -0.2) is 4.39 Å². The third-order valence-electron chi connectivity index (χ3n) is 3.68. The molecule has 0 aliphatic rings. The lowest BCUT2D eigenvalue weighted by molar-refractivity contribution is -0.148. The summed E-state index contributed by atoms with van der Waals surface area (Å²) in [5.74, 6) is -1.55. The van der Waals surface area contributed by atoms with Gasteiger partial charge in [-0.2, -0.15) is 0 Å². The molecule has 0 fully saturated rings. The molecule has 0 aromatic heterocycles. The van der Waals surface area contributed by atoms with Crippen LogP contribution in [0.5, 0.6) is 5.75 Å². The summed E-state index contributed by atoms with van der Waals surface area (Å²) in [6.45, 7) is 1.35. The van der Waals surface area contributed by atoms with Crippen molar-refractivity contribution >= 4 is 23.5 Å². The largest absolute Gasteiger partial charge is 0.494 e. The molecule has 0 radical (unpaired) electrons. The normalized spacial score (nSPS) is 11.5. The highest BCUT2D eigenvalue weighted by atomic mass is 35.5. The van der Waals surface area contributed by atoms with E-state index in [4.69, 9.17) is 21.1 Å². The van der Waals surface area contributed by atoms with Crippen molar-refractivity contribution in [1.82, 2.24) is 5.32 Å². The van der Waals surface area contributed by atoms with Crippen molar-refractivity contribution in [2.45, 2.75) is 19.4 Å². The van der Waals surface area contributed by atoms with Crippen LogP contribution in [0.15, 0.2) is 42.5 Å². The van der Waals surface area contributed by atoms with Gasteiger partial charge in [0.05, 0.1) is 19.6 Å². The quantitative estimate of drug-likeness (QED) is 0.748. The van der Waals surface area contributed by atoms with E-state index < -0.39 is 24.3 Å². The van der Waals surface area contributed by atoms with Crippen LogP contribution in [0.4, 0.5) is 4.39 Å². The number of rotatable bonds is 7. The first-order valence-electron chi connectivity index (χ1n) is 7.92. The molecule has 1 amide bonds. The van der Waals surface area contributed by atoms with Crippen molar-refractivity contribution in [2.24, 2.45) is 0 Å². The maximum Gasteiger partial charge on any atom is 0.310 e. The molecule has 0 bridgehead atoms. The average Bonchev–Trinajstić information content (AvgIpc) is 2.60. The SMILES string of the molecule is COc1ccc(CC(=O)OCC(=O)N[C@H](C)c2ccccc2Cl)cc1F. The van der Waals surface area contributed by atoms with Crippen LogP contribution in [0.2, 0.25) is 5.02 Å². The van der Waals surface area contributed by atoms with Gasteiger partial charge in [0.1, 0.15) is 0 Å². The lowest BCUT2D eigenvalue weighted by atomic mass is 10.1. The fourth-order valence-corrected chi connectivity index (χ4v) is 2.67. The predicted octanol–water partition coefficient (Wildman–Crippen LogP) is 3.45. The van der Waals surface area contributed by atoms with Crippen molar-refractivity contribution in [3.05, 3.63) is 64.4 Å². The highest BCUT2D eigenvalue weighted by Crippen LogP contribution is 2.22. The lowest BCUT2D eigenvalue weighted by Gasteiger charge is -2.15. The lowest BCUT2D eigenvalue weighted by Crippen LogP contribution is -2.31. The molecule has 138 valence electrons. The van der Waals surface area contributed by atoms with Gasteiger partial charge in [0.15, 0.2) is 18.2 Å². The molecule has 0 heterocycles. The second kappa shape index (κ2) is 9.20. The van der Waals surface area contributed by atoms with E-state index in [1.54, 1.807) is 31.2 Å². The predicted molar refractivity (Wildman–Crippen MR) is 95.6 cm³/mol. The van der Waals surface area contributed by atoms with E-state index in [9.17, 15) is 14.0 Å². The van der Waals surface area contributed by atoms with Crippen LogP contribution in [0.3, 0.4) is 0 Å². The highest BCUT2D eigenvalue weighted by molar-refractivity contribution is 6.31. The molecule has 5 nitrogen and oxygen atoms in total. The van der Waals surface area contributed by atoms with Crippen molar-refractivity contribution in [3.8, 4) is 5.75 Å². The summed E-state index contributed by atoms with van der Waals surface area (Å²) < 4.78 is 23.3. The number of ether oxygens (including phenoxy) is 2. The maximum absolute atomic E-state index is 13.6. The van der Waals surface area contributed by atoms with Crippen LogP contribution in [-0.2, 0) is 20.7 Å². The summed E-state index contributed by atoms with van der Waals surface area (Å²) in [7, 11) is 1.36. The molecule has 0 aliphatic carbocycles. The summed E-state index contributed by atoms with van der Waals surface area (Å²) in [6.07, 6.45) is -0.145. The van der Waals surface area contributed by atoms with Crippen LogP contribution >= 0.6 is 11.6 Å². The van der Waals surface area contributed by atoms with Crippen LogP contribution < -0.4 is 10.1 Å². The molecule has 2 aromatic rings. The number of esters is 1. The van der Waals surface area contributed by atoms with Crippen LogP contribution in [0, 0.1) is 5.82 Å². The molecule has 1 atom stereocenters. The molecule has 26 heavy (non-hydrogen) atoms. The summed E-state index contributed by atoms with van der Waals surface area (Å²) in [6, 6.07) is 11.0. The Bertz CT molecular complexity index is 797. The van der Waals surface area contributed by atoms with Crippen LogP contribution in [0.1, 0.15) is 24.1 Å². The minimum atomic E-state index is -0.630. The zero-order valence-corrected chi connectivity index (χ0v) is 15.2. The van der Waals surface area contributed by atoms with Crippen LogP contribution in [-0.4, -0.2) is 25.6 Å². The smallest absolute Gasteiger partial charge is 0.310 e. The van der Waals surface area contributed by atoms with Crippen molar-refractivity contribution in [1.29, 1.82) is 0 Å². The molecular weight excluding hydrogens is 361 g/mol. The van der Waals surface area contributed by atoms with Crippen molar-refractivity contribution < 1.29 is 23.5 Å². The fourth-order valence-electron chi connectivity index (χ4n) is 2.37. The number of halogens is 2. The number of benzene rings is 2. The molecule has 7 heteroatoms. The van der Waals surface area contributed by atoms with E-state index in [1.807, 2.05) is 6.07 Å². The van der Waals surface area contributed by atoms with E-state index in [-0.39, 0.29) is 18.2 Å². The van der Waals surface area contributed by atoms with Crippen molar-refractivity contribution in [2.75, 3.05) is 13.7 Å². The highest BCUT2D eigenvalue weighted by Gasteiger charge is 2.14. The number of carbonyl (C=O) groups is 2. The third-order valence-corrected chi connectivity index (χ3v) is 4.02. The second-order valence-corrected chi connectivity index (χ2v) is 6.02. The Morgan fingerprint density at radius 3 is 2.62 bits per heavy atom. The van der Waals surface area contributed by atoms with E-state index in [2.05, 4.69) is 5.32 Å². The van der Waals surface area contributed by atoms with Gasteiger partial charge in [0.2, 0.25) is 0 Å². The number of methoxy groups -OCH3 is 1.